The predicted molar refractivity (Wildman–Crippen MR) is 75.4 cm³/mol. The van der Waals surface area contributed by atoms with Gasteiger partial charge in [-0.1, -0.05) is 24.3 Å². The molecule has 1 rings (SSSR count). The molecule has 0 amide bonds. The number of carbonyl (C=O) groups is 4. The molecule has 0 fully saturated rings. The normalized spacial score (nSPS) is 10.7. The van der Waals surface area contributed by atoms with E-state index in [9.17, 15) is 19.2 Å². The van der Waals surface area contributed by atoms with E-state index < -0.39 is 32.8 Å². The van der Waals surface area contributed by atoms with E-state index in [0.29, 0.717) is 0 Å². The number of halogens is 4. The molecule has 4 nitrogen and oxygen atoms in total. The molecule has 1 aromatic rings. The summed E-state index contributed by atoms with van der Waals surface area (Å²) in [5, 5.41) is -3.74. The summed E-state index contributed by atoms with van der Waals surface area (Å²) in [5.41, 5.74) is 0.466. The summed E-state index contributed by atoms with van der Waals surface area (Å²) in [5.74, 6) is -2.63. The lowest BCUT2D eigenvalue weighted by molar-refractivity contribution is -0.122. The van der Waals surface area contributed by atoms with E-state index in [1.54, 1.807) is 0 Å². The molecular formula is C12H6Cl4O4. The first-order valence-electron chi connectivity index (χ1n) is 5.13. The zero-order valence-electron chi connectivity index (χ0n) is 9.61. The van der Waals surface area contributed by atoms with Crippen LogP contribution in [0.4, 0.5) is 0 Å². The smallest absolute Gasteiger partial charge is 0.237 e. The summed E-state index contributed by atoms with van der Waals surface area (Å²) in [7, 11) is 0. The molecule has 0 spiro atoms. The van der Waals surface area contributed by atoms with Gasteiger partial charge >= 0.3 is 0 Å². The summed E-state index contributed by atoms with van der Waals surface area (Å²) < 4.78 is 0. The van der Waals surface area contributed by atoms with Crippen LogP contribution in [-0.4, -0.2) is 21.0 Å². The summed E-state index contributed by atoms with van der Waals surface area (Å²) in [6.45, 7) is 0. The van der Waals surface area contributed by atoms with Gasteiger partial charge in [0.15, 0.2) is 0 Å². The van der Waals surface area contributed by atoms with Crippen molar-refractivity contribution in [3.05, 3.63) is 35.4 Å². The van der Waals surface area contributed by atoms with Crippen LogP contribution in [0.2, 0.25) is 0 Å². The molecule has 0 heterocycles. The van der Waals surface area contributed by atoms with Crippen molar-refractivity contribution in [3.63, 3.8) is 0 Å². The maximum atomic E-state index is 11.1. The Hall–Kier alpha value is -0.940. The quantitative estimate of drug-likeness (QED) is 0.581. The van der Waals surface area contributed by atoms with Gasteiger partial charge < -0.3 is 0 Å². The van der Waals surface area contributed by atoms with Crippen LogP contribution in [0.3, 0.4) is 0 Å². The minimum atomic E-state index is -1.32. The highest BCUT2D eigenvalue weighted by molar-refractivity contribution is 6.75. The van der Waals surface area contributed by atoms with Crippen molar-refractivity contribution < 1.29 is 19.2 Å². The molecule has 0 radical (unpaired) electrons. The molecule has 106 valence electrons. The van der Waals surface area contributed by atoms with E-state index in [2.05, 4.69) is 0 Å². The van der Waals surface area contributed by atoms with Gasteiger partial charge in [-0.05, 0) is 57.5 Å². The lowest BCUT2D eigenvalue weighted by Crippen LogP contribution is -2.16. The van der Waals surface area contributed by atoms with E-state index in [-0.39, 0.29) is 11.1 Å². The van der Waals surface area contributed by atoms with Crippen molar-refractivity contribution in [1.82, 2.24) is 0 Å². The lowest BCUT2D eigenvalue weighted by Gasteiger charge is -2.11. The Bertz CT molecular complexity index is 488. The molecule has 1 aromatic carbocycles. The van der Waals surface area contributed by atoms with Crippen LogP contribution in [0.1, 0.15) is 23.0 Å². The third kappa shape index (κ3) is 4.03. The van der Waals surface area contributed by atoms with Gasteiger partial charge in [0.1, 0.15) is 11.8 Å². The summed E-state index contributed by atoms with van der Waals surface area (Å²) >= 11 is 21.1. The van der Waals surface area contributed by atoms with Crippen LogP contribution >= 0.6 is 46.4 Å². The van der Waals surface area contributed by atoms with Crippen molar-refractivity contribution in [1.29, 1.82) is 0 Å². The first-order chi connectivity index (χ1) is 9.25. The second-order valence-corrected chi connectivity index (χ2v) is 5.24. The van der Waals surface area contributed by atoms with Gasteiger partial charge in [-0.3, -0.25) is 19.2 Å². The van der Waals surface area contributed by atoms with Crippen molar-refractivity contribution in [2.24, 2.45) is 0 Å². The second-order valence-electron chi connectivity index (χ2n) is 3.75. The van der Waals surface area contributed by atoms with Crippen molar-refractivity contribution in [2.45, 2.75) is 11.8 Å². The van der Waals surface area contributed by atoms with Crippen LogP contribution in [0.5, 0.6) is 0 Å². The number of hydrogen-bond acceptors (Lipinski definition) is 4. The molecule has 0 aliphatic heterocycles. The average Bonchev–Trinajstić information content (AvgIpc) is 2.29. The van der Waals surface area contributed by atoms with Gasteiger partial charge in [-0.2, -0.15) is 0 Å². The Morgan fingerprint density at radius 2 is 0.800 bits per heavy atom. The highest BCUT2D eigenvalue weighted by Gasteiger charge is 2.28. The Labute approximate surface area is 133 Å². The standard InChI is InChI=1S/C12H6Cl4O4/c13-9(17)7(10(14)18)5-1-2-6(4-3-5)8(11(15)19)12(16)20/h1-4,7-8H. The van der Waals surface area contributed by atoms with Crippen LogP contribution in [0, 0.1) is 0 Å². The second kappa shape index (κ2) is 7.18. The number of rotatable bonds is 6. The zero-order chi connectivity index (χ0) is 15.4. The van der Waals surface area contributed by atoms with E-state index in [4.69, 9.17) is 46.4 Å². The largest absolute Gasteiger partial charge is 0.280 e. The van der Waals surface area contributed by atoms with E-state index in [1.807, 2.05) is 0 Å². The van der Waals surface area contributed by atoms with Gasteiger partial charge in [0.25, 0.3) is 0 Å². The van der Waals surface area contributed by atoms with E-state index in [0.717, 1.165) is 0 Å². The molecule has 0 aromatic heterocycles. The highest BCUT2D eigenvalue weighted by atomic mass is 35.5. The molecule has 0 saturated heterocycles. The van der Waals surface area contributed by atoms with Crippen LogP contribution in [0.15, 0.2) is 24.3 Å². The first-order valence-corrected chi connectivity index (χ1v) is 6.64. The zero-order valence-corrected chi connectivity index (χ0v) is 12.6. The summed E-state index contributed by atoms with van der Waals surface area (Å²) in [4.78, 5) is 44.5. The van der Waals surface area contributed by atoms with Crippen molar-refractivity contribution in [3.8, 4) is 0 Å². The van der Waals surface area contributed by atoms with Gasteiger partial charge in [0.05, 0.1) is 0 Å². The number of hydrogen-bond donors (Lipinski definition) is 0. The molecule has 0 unspecified atom stereocenters. The molecule has 0 atom stereocenters. The third-order valence-corrected chi connectivity index (χ3v) is 3.38. The summed E-state index contributed by atoms with van der Waals surface area (Å²) in [6, 6.07) is 5.36. The Morgan fingerprint density at radius 3 is 0.950 bits per heavy atom. The van der Waals surface area contributed by atoms with Crippen molar-refractivity contribution >= 4 is 67.4 Å². The van der Waals surface area contributed by atoms with Gasteiger partial charge in [-0.15, -0.1) is 0 Å². The fourth-order valence-corrected chi connectivity index (χ4v) is 2.60. The minimum Gasteiger partial charge on any atom is -0.280 e. The fraction of sp³-hybridized carbons (Fsp3) is 0.167. The van der Waals surface area contributed by atoms with E-state index in [1.165, 1.54) is 24.3 Å². The van der Waals surface area contributed by atoms with Crippen molar-refractivity contribution in [2.75, 3.05) is 0 Å². The minimum absolute atomic E-state index is 0.233. The lowest BCUT2D eigenvalue weighted by atomic mass is 9.96. The molecular weight excluding hydrogens is 350 g/mol. The first kappa shape index (κ1) is 17.1. The molecule has 0 saturated carbocycles. The Kier molecular flexibility index (Phi) is 6.14. The maximum Gasteiger partial charge on any atom is 0.237 e. The van der Waals surface area contributed by atoms with Gasteiger partial charge in [-0.25, -0.2) is 0 Å². The van der Waals surface area contributed by atoms with Crippen LogP contribution in [-0.2, 0) is 19.2 Å². The average molecular weight is 356 g/mol. The monoisotopic (exact) mass is 354 g/mol. The molecule has 0 aliphatic rings. The molecule has 0 bridgehead atoms. The third-order valence-electron chi connectivity index (χ3n) is 2.51. The highest BCUT2D eigenvalue weighted by Crippen LogP contribution is 2.26. The van der Waals surface area contributed by atoms with Gasteiger partial charge in [0, 0.05) is 0 Å². The maximum absolute atomic E-state index is 11.1. The molecule has 20 heavy (non-hydrogen) atoms. The summed E-state index contributed by atoms with van der Waals surface area (Å²) in [6.07, 6.45) is 0. The molecule has 0 aliphatic carbocycles. The topological polar surface area (TPSA) is 68.3 Å². The van der Waals surface area contributed by atoms with Crippen LogP contribution < -0.4 is 0 Å². The predicted octanol–water partition coefficient (Wildman–Crippen LogP) is 2.92. The SMILES string of the molecule is O=C(Cl)C(C(=O)Cl)c1ccc(C(C(=O)Cl)C(=O)Cl)cc1. The molecule has 8 heteroatoms. The van der Waals surface area contributed by atoms with E-state index >= 15 is 0 Å². The molecule has 0 N–H and O–H groups in total. The van der Waals surface area contributed by atoms with Crippen LogP contribution in [0.25, 0.3) is 0 Å². The number of benzene rings is 1. The Morgan fingerprint density at radius 1 is 0.600 bits per heavy atom. The van der Waals surface area contributed by atoms with Gasteiger partial charge in [0.2, 0.25) is 21.0 Å². The Balaban J connectivity index is 3.16. The fourth-order valence-electron chi connectivity index (χ4n) is 1.58. The number of carbonyl (C=O) groups excluding carboxylic acids is 4.